The van der Waals surface area contributed by atoms with Crippen molar-refractivity contribution in [2.24, 2.45) is 11.7 Å². The zero-order valence-electron chi connectivity index (χ0n) is 10.6. The lowest BCUT2D eigenvalue weighted by Crippen LogP contribution is -2.51. The Morgan fingerprint density at radius 1 is 1.56 bits per heavy atom. The van der Waals surface area contributed by atoms with Gasteiger partial charge < -0.3 is 10.6 Å². The normalized spacial score (nSPS) is 25.2. The molecule has 3 nitrogen and oxygen atoms in total. The molecule has 1 aliphatic rings. The van der Waals surface area contributed by atoms with Crippen molar-refractivity contribution in [2.45, 2.75) is 44.9 Å². The molecule has 2 unspecified atom stereocenters. The Hall–Kier alpha value is -0.220. The maximum atomic E-state index is 12.2. The summed E-state index contributed by atoms with van der Waals surface area (Å²) in [6.45, 7) is 8.06. The van der Waals surface area contributed by atoms with Crippen molar-refractivity contribution in [1.29, 1.82) is 0 Å². The molecule has 94 valence electrons. The summed E-state index contributed by atoms with van der Waals surface area (Å²) in [5, 5.41) is 0.599. The third kappa shape index (κ3) is 3.39. The molecule has 0 aliphatic carbocycles. The second kappa shape index (κ2) is 6.50. The summed E-state index contributed by atoms with van der Waals surface area (Å²) in [6.07, 6.45) is 2.10. The average molecular weight is 244 g/mol. The number of hydrogen-bond donors (Lipinski definition) is 1. The van der Waals surface area contributed by atoms with Crippen LogP contribution in [0, 0.1) is 5.92 Å². The van der Waals surface area contributed by atoms with E-state index in [2.05, 4.69) is 20.8 Å². The molecule has 4 heteroatoms. The van der Waals surface area contributed by atoms with Crippen LogP contribution in [0.3, 0.4) is 0 Å². The number of rotatable bonds is 4. The molecule has 0 bridgehead atoms. The van der Waals surface area contributed by atoms with E-state index in [9.17, 15) is 4.79 Å². The molecule has 0 radical (unpaired) electrons. The van der Waals surface area contributed by atoms with E-state index in [-0.39, 0.29) is 17.9 Å². The molecule has 1 aliphatic heterocycles. The smallest absolute Gasteiger partial charge is 0.239 e. The van der Waals surface area contributed by atoms with E-state index in [0.717, 1.165) is 31.7 Å². The van der Waals surface area contributed by atoms with Gasteiger partial charge in [0.1, 0.15) is 0 Å². The molecule has 2 N–H and O–H groups in total. The van der Waals surface area contributed by atoms with Crippen molar-refractivity contribution < 1.29 is 4.79 Å². The van der Waals surface area contributed by atoms with Crippen LogP contribution < -0.4 is 5.73 Å². The lowest BCUT2D eigenvalue weighted by atomic mass is 9.99. The van der Waals surface area contributed by atoms with Crippen molar-refractivity contribution >= 4 is 17.7 Å². The molecule has 16 heavy (non-hydrogen) atoms. The van der Waals surface area contributed by atoms with Gasteiger partial charge in [-0.05, 0) is 12.3 Å². The Morgan fingerprint density at radius 3 is 2.81 bits per heavy atom. The monoisotopic (exact) mass is 244 g/mol. The first-order valence-electron chi connectivity index (χ1n) is 6.26. The van der Waals surface area contributed by atoms with Gasteiger partial charge in [-0.1, -0.05) is 27.2 Å². The van der Waals surface area contributed by atoms with Gasteiger partial charge >= 0.3 is 0 Å². The second-order valence-electron chi connectivity index (χ2n) is 4.60. The maximum Gasteiger partial charge on any atom is 0.239 e. The standard InChI is InChI=1S/C12H24N2OS/c1-4-9(3)11(13)12(15)14-6-7-16-10(5-2)8-14/h9-11H,4-8,13H2,1-3H3/t9?,10?,11-/m0/s1. The summed E-state index contributed by atoms with van der Waals surface area (Å²) in [5.41, 5.74) is 5.99. The number of hydrogen-bond acceptors (Lipinski definition) is 3. The number of nitrogens with zero attached hydrogens (tertiary/aromatic N) is 1. The highest BCUT2D eigenvalue weighted by atomic mass is 32.2. The fourth-order valence-electron chi connectivity index (χ4n) is 1.87. The lowest BCUT2D eigenvalue weighted by molar-refractivity contribution is -0.133. The van der Waals surface area contributed by atoms with Crippen molar-refractivity contribution in [3.63, 3.8) is 0 Å². The fraction of sp³-hybridized carbons (Fsp3) is 0.917. The molecule has 1 rings (SSSR count). The van der Waals surface area contributed by atoms with Crippen LogP contribution in [0.15, 0.2) is 0 Å². The third-order valence-electron chi connectivity index (χ3n) is 3.45. The molecule has 1 heterocycles. The number of carbonyl (C=O) groups excluding carboxylic acids is 1. The summed E-state index contributed by atoms with van der Waals surface area (Å²) < 4.78 is 0. The molecule has 0 aromatic heterocycles. The highest BCUT2D eigenvalue weighted by Crippen LogP contribution is 2.22. The summed E-state index contributed by atoms with van der Waals surface area (Å²) in [7, 11) is 0. The first-order valence-corrected chi connectivity index (χ1v) is 7.30. The van der Waals surface area contributed by atoms with Gasteiger partial charge in [0.15, 0.2) is 0 Å². The zero-order chi connectivity index (χ0) is 12.1. The van der Waals surface area contributed by atoms with E-state index in [1.807, 2.05) is 16.7 Å². The molecular weight excluding hydrogens is 220 g/mol. The molecule has 0 saturated carbocycles. The summed E-state index contributed by atoms with van der Waals surface area (Å²) in [4.78, 5) is 14.1. The van der Waals surface area contributed by atoms with Crippen LogP contribution in [0.1, 0.15) is 33.6 Å². The van der Waals surface area contributed by atoms with Gasteiger partial charge in [0.25, 0.3) is 0 Å². The van der Waals surface area contributed by atoms with Gasteiger partial charge in [0, 0.05) is 24.1 Å². The van der Waals surface area contributed by atoms with E-state index < -0.39 is 0 Å². The molecule has 0 spiro atoms. The van der Waals surface area contributed by atoms with Crippen molar-refractivity contribution in [3.8, 4) is 0 Å². The Morgan fingerprint density at radius 2 is 2.25 bits per heavy atom. The van der Waals surface area contributed by atoms with Gasteiger partial charge in [-0.3, -0.25) is 4.79 Å². The highest BCUT2D eigenvalue weighted by molar-refractivity contribution is 8.00. The molecule has 0 aromatic rings. The van der Waals surface area contributed by atoms with E-state index in [0.29, 0.717) is 5.25 Å². The van der Waals surface area contributed by atoms with Crippen molar-refractivity contribution in [1.82, 2.24) is 4.90 Å². The fourth-order valence-corrected chi connectivity index (χ4v) is 3.05. The summed E-state index contributed by atoms with van der Waals surface area (Å²) in [6, 6.07) is -0.314. The van der Waals surface area contributed by atoms with E-state index in [1.54, 1.807) is 0 Å². The molecule has 0 aromatic carbocycles. The molecule has 3 atom stereocenters. The maximum absolute atomic E-state index is 12.2. The van der Waals surface area contributed by atoms with Gasteiger partial charge in [0.2, 0.25) is 5.91 Å². The van der Waals surface area contributed by atoms with Crippen molar-refractivity contribution in [2.75, 3.05) is 18.8 Å². The quantitative estimate of drug-likeness (QED) is 0.819. The van der Waals surface area contributed by atoms with E-state index in [4.69, 9.17) is 5.73 Å². The molecular formula is C12H24N2OS. The van der Waals surface area contributed by atoms with Crippen LogP contribution >= 0.6 is 11.8 Å². The van der Waals surface area contributed by atoms with Crippen LogP contribution in [0.5, 0.6) is 0 Å². The van der Waals surface area contributed by atoms with Crippen LogP contribution in [-0.4, -0.2) is 40.9 Å². The Labute approximate surface area is 103 Å². The van der Waals surface area contributed by atoms with Gasteiger partial charge in [-0.15, -0.1) is 0 Å². The van der Waals surface area contributed by atoms with Gasteiger partial charge in [0.05, 0.1) is 6.04 Å². The minimum Gasteiger partial charge on any atom is -0.339 e. The number of carbonyl (C=O) groups is 1. The van der Waals surface area contributed by atoms with E-state index in [1.165, 1.54) is 0 Å². The topological polar surface area (TPSA) is 46.3 Å². The first kappa shape index (κ1) is 13.8. The first-order chi connectivity index (χ1) is 7.60. The molecule has 1 saturated heterocycles. The Bertz CT molecular complexity index is 235. The van der Waals surface area contributed by atoms with Crippen LogP contribution in [-0.2, 0) is 4.79 Å². The average Bonchev–Trinajstić information content (AvgIpc) is 2.36. The van der Waals surface area contributed by atoms with Gasteiger partial charge in [-0.25, -0.2) is 0 Å². The lowest BCUT2D eigenvalue weighted by Gasteiger charge is -2.34. The number of amides is 1. The predicted molar refractivity (Wildman–Crippen MR) is 70.5 cm³/mol. The summed E-state index contributed by atoms with van der Waals surface area (Å²) >= 11 is 1.98. The largest absolute Gasteiger partial charge is 0.339 e. The number of nitrogens with two attached hydrogens (primary N) is 1. The zero-order valence-corrected chi connectivity index (χ0v) is 11.4. The Balaban J connectivity index is 2.52. The minimum atomic E-state index is -0.314. The SMILES string of the molecule is CCC1CN(C(=O)[C@@H](N)C(C)CC)CCS1. The summed E-state index contributed by atoms with van der Waals surface area (Å²) in [5.74, 6) is 1.48. The minimum absolute atomic E-state index is 0.146. The highest BCUT2D eigenvalue weighted by Gasteiger charge is 2.28. The molecule has 1 amide bonds. The van der Waals surface area contributed by atoms with Crippen LogP contribution in [0.2, 0.25) is 0 Å². The van der Waals surface area contributed by atoms with Crippen molar-refractivity contribution in [3.05, 3.63) is 0 Å². The molecule has 1 fully saturated rings. The third-order valence-corrected chi connectivity index (χ3v) is 4.82. The predicted octanol–water partition coefficient (Wildman–Crippen LogP) is 1.71. The Kier molecular flexibility index (Phi) is 5.62. The number of thioether (sulfide) groups is 1. The van der Waals surface area contributed by atoms with E-state index >= 15 is 0 Å². The van der Waals surface area contributed by atoms with Crippen LogP contribution in [0.25, 0.3) is 0 Å². The van der Waals surface area contributed by atoms with Gasteiger partial charge in [-0.2, -0.15) is 11.8 Å². The van der Waals surface area contributed by atoms with Crippen LogP contribution in [0.4, 0.5) is 0 Å². The second-order valence-corrected chi connectivity index (χ2v) is 6.00.